The average Bonchev–Trinajstić information content (AvgIpc) is 2.81. The molecule has 178 valence electrons. The van der Waals surface area contributed by atoms with Gasteiger partial charge in [0.05, 0.1) is 9.82 Å². The molecule has 3 rings (SSSR count). The number of anilines is 3. The number of nitrogens with one attached hydrogen (secondary N) is 2. The minimum absolute atomic E-state index is 0.0359. The van der Waals surface area contributed by atoms with Crippen molar-refractivity contribution in [3.63, 3.8) is 0 Å². The lowest BCUT2D eigenvalue weighted by molar-refractivity contribution is -0.383. The molecule has 11 heteroatoms. The number of allylic oxidation sites excluding steroid dienone is 1. The van der Waals surface area contributed by atoms with E-state index < -0.39 is 14.9 Å². The van der Waals surface area contributed by atoms with Crippen LogP contribution in [-0.4, -0.2) is 47.2 Å². The van der Waals surface area contributed by atoms with Crippen molar-refractivity contribution in [3.05, 3.63) is 52.4 Å². The number of benzene rings is 1. The summed E-state index contributed by atoms with van der Waals surface area (Å²) < 4.78 is 26.7. The van der Waals surface area contributed by atoms with E-state index in [1.165, 1.54) is 41.2 Å². The summed E-state index contributed by atoms with van der Waals surface area (Å²) in [7, 11) is -3.58. The van der Waals surface area contributed by atoms with Crippen molar-refractivity contribution in [1.82, 2.24) is 14.3 Å². The lowest BCUT2D eigenvalue weighted by Gasteiger charge is -2.18. The molecule has 0 radical (unpaired) electrons. The molecule has 0 saturated carbocycles. The Morgan fingerprint density at radius 2 is 1.79 bits per heavy atom. The van der Waals surface area contributed by atoms with E-state index in [9.17, 15) is 18.5 Å². The minimum atomic E-state index is -3.58. The van der Waals surface area contributed by atoms with Gasteiger partial charge in [0, 0.05) is 25.3 Å². The molecule has 0 aliphatic heterocycles. The highest BCUT2D eigenvalue weighted by atomic mass is 32.2. The Bertz CT molecular complexity index is 1100. The Morgan fingerprint density at radius 3 is 2.39 bits per heavy atom. The zero-order valence-electron chi connectivity index (χ0n) is 19.0. The summed E-state index contributed by atoms with van der Waals surface area (Å²) >= 11 is 0. The first-order chi connectivity index (χ1) is 15.9. The molecule has 0 amide bonds. The molecule has 1 aliphatic rings. The number of sulfonamides is 1. The van der Waals surface area contributed by atoms with Gasteiger partial charge in [0.1, 0.15) is 6.33 Å². The zero-order chi connectivity index (χ0) is 23.8. The van der Waals surface area contributed by atoms with E-state index >= 15 is 0 Å². The second kappa shape index (κ2) is 11.2. The maximum absolute atomic E-state index is 12.7. The highest BCUT2D eigenvalue weighted by molar-refractivity contribution is 7.89. The van der Waals surface area contributed by atoms with Crippen LogP contribution in [0.1, 0.15) is 46.0 Å². The van der Waals surface area contributed by atoms with Gasteiger partial charge in [-0.05, 0) is 56.4 Å². The maximum atomic E-state index is 12.7. The van der Waals surface area contributed by atoms with Crippen LogP contribution in [0, 0.1) is 10.1 Å². The Morgan fingerprint density at radius 1 is 1.09 bits per heavy atom. The van der Waals surface area contributed by atoms with Crippen LogP contribution in [0.15, 0.2) is 47.1 Å². The lowest BCUT2D eigenvalue weighted by Crippen LogP contribution is -2.30. The lowest BCUT2D eigenvalue weighted by atomic mass is 9.97. The quantitative estimate of drug-likeness (QED) is 0.277. The molecule has 1 heterocycles. The van der Waals surface area contributed by atoms with Crippen LogP contribution < -0.4 is 10.6 Å². The van der Waals surface area contributed by atoms with Crippen molar-refractivity contribution in [2.75, 3.05) is 30.3 Å². The first kappa shape index (κ1) is 24.6. The summed E-state index contributed by atoms with van der Waals surface area (Å²) in [4.78, 5) is 19.5. The molecular formula is C22H30N6O4S. The molecule has 2 N–H and O–H groups in total. The second-order valence-electron chi connectivity index (χ2n) is 7.70. The van der Waals surface area contributed by atoms with Crippen molar-refractivity contribution in [1.29, 1.82) is 0 Å². The van der Waals surface area contributed by atoms with E-state index in [0.29, 0.717) is 25.3 Å². The number of nitro groups is 1. The second-order valence-corrected chi connectivity index (χ2v) is 9.64. The third kappa shape index (κ3) is 6.05. The zero-order valence-corrected chi connectivity index (χ0v) is 19.8. The topological polar surface area (TPSA) is 130 Å². The van der Waals surface area contributed by atoms with Crippen LogP contribution in [0.2, 0.25) is 0 Å². The standard InChI is InChI=1S/C22H30N6O4S/c1-3-27(4-2)33(31,32)19-12-10-18(11-13-19)26-22-20(28(29)30)21(24-16-25-22)23-15-14-17-8-6-5-7-9-17/h8,10-13,16H,3-7,9,14-15H2,1-2H3,(H2,23,24,25,26). The largest absolute Gasteiger partial charge is 0.364 e. The minimum Gasteiger partial charge on any atom is -0.364 e. The van der Waals surface area contributed by atoms with Gasteiger partial charge in [0.15, 0.2) is 0 Å². The highest BCUT2D eigenvalue weighted by Gasteiger charge is 2.24. The van der Waals surface area contributed by atoms with Crippen LogP contribution >= 0.6 is 0 Å². The van der Waals surface area contributed by atoms with Gasteiger partial charge in [-0.2, -0.15) is 4.31 Å². The molecule has 1 aromatic heterocycles. The van der Waals surface area contributed by atoms with Crippen molar-refractivity contribution < 1.29 is 13.3 Å². The Hall–Kier alpha value is -3.05. The van der Waals surface area contributed by atoms with Gasteiger partial charge in [-0.25, -0.2) is 18.4 Å². The SMILES string of the molecule is CCN(CC)S(=O)(=O)c1ccc(Nc2ncnc(NCCC3=CCCCC3)c2[N+](=O)[O-])cc1. The number of hydrogen-bond donors (Lipinski definition) is 2. The molecule has 0 saturated heterocycles. The molecule has 0 unspecified atom stereocenters. The van der Waals surface area contributed by atoms with Crippen LogP contribution in [0.5, 0.6) is 0 Å². The predicted molar refractivity (Wildman–Crippen MR) is 128 cm³/mol. The van der Waals surface area contributed by atoms with E-state index in [2.05, 4.69) is 26.7 Å². The fraction of sp³-hybridized carbons (Fsp3) is 0.455. The van der Waals surface area contributed by atoms with Crippen molar-refractivity contribution in [2.24, 2.45) is 0 Å². The van der Waals surface area contributed by atoms with Gasteiger partial charge in [0.2, 0.25) is 21.7 Å². The van der Waals surface area contributed by atoms with Gasteiger partial charge in [-0.1, -0.05) is 25.5 Å². The third-order valence-corrected chi connectivity index (χ3v) is 7.65. The van der Waals surface area contributed by atoms with Crippen molar-refractivity contribution >= 4 is 33.0 Å². The molecule has 1 aromatic carbocycles. The van der Waals surface area contributed by atoms with E-state index in [1.54, 1.807) is 26.0 Å². The third-order valence-electron chi connectivity index (χ3n) is 5.59. The van der Waals surface area contributed by atoms with E-state index in [0.717, 1.165) is 19.3 Å². The Balaban J connectivity index is 1.75. The molecule has 0 atom stereocenters. The number of hydrogen-bond acceptors (Lipinski definition) is 8. The van der Waals surface area contributed by atoms with Gasteiger partial charge in [-0.3, -0.25) is 10.1 Å². The molecule has 0 spiro atoms. The summed E-state index contributed by atoms with van der Waals surface area (Å²) in [5.74, 6) is 0.184. The van der Waals surface area contributed by atoms with Crippen LogP contribution in [-0.2, 0) is 10.0 Å². The molecule has 33 heavy (non-hydrogen) atoms. The monoisotopic (exact) mass is 474 g/mol. The molecule has 2 aromatic rings. The summed E-state index contributed by atoms with van der Waals surface area (Å²) in [5.41, 5.74) is 1.59. The van der Waals surface area contributed by atoms with Gasteiger partial charge in [0.25, 0.3) is 0 Å². The predicted octanol–water partition coefficient (Wildman–Crippen LogP) is 4.46. The van der Waals surface area contributed by atoms with Gasteiger partial charge in [-0.15, -0.1) is 0 Å². The smallest absolute Gasteiger partial charge is 0.353 e. The molecule has 0 fully saturated rings. The van der Waals surface area contributed by atoms with Gasteiger partial charge < -0.3 is 10.6 Å². The van der Waals surface area contributed by atoms with Crippen molar-refractivity contribution in [2.45, 2.75) is 50.8 Å². The summed E-state index contributed by atoms with van der Waals surface area (Å²) in [6.07, 6.45) is 8.88. The Kier molecular flexibility index (Phi) is 8.34. The number of rotatable bonds is 11. The number of nitrogens with zero attached hydrogens (tertiary/aromatic N) is 4. The normalized spacial score (nSPS) is 14.1. The summed E-state index contributed by atoms with van der Waals surface area (Å²) in [5, 5.41) is 17.8. The van der Waals surface area contributed by atoms with E-state index in [-0.39, 0.29) is 22.2 Å². The number of aromatic nitrogens is 2. The molecule has 1 aliphatic carbocycles. The first-order valence-corrected chi connectivity index (χ1v) is 12.6. The van der Waals surface area contributed by atoms with Gasteiger partial charge >= 0.3 is 5.69 Å². The van der Waals surface area contributed by atoms with Crippen LogP contribution in [0.25, 0.3) is 0 Å². The molecule has 0 bridgehead atoms. The van der Waals surface area contributed by atoms with Crippen molar-refractivity contribution in [3.8, 4) is 0 Å². The Labute approximate surface area is 194 Å². The fourth-order valence-electron chi connectivity index (χ4n) is 3.81. The summed E-state index contributed by atoms with van der Waals surface area (Å²) in [6, 6.07) is 6.07. The van der Waals surface area contributed by atoms with E-state index in [1.807, 2.05) is 0 Å². The highest BCUT2D eigenvalue weighted by Crippen LogP contribution is 2.32. The van der Waals surface area contributed by atoms with Crippen LogP contribution in [0.4, 0.5) is 23.0 Å². The molecule has 10 nitrogen and oxygen atoms in total. The fourth-order valence-corrected chi connectivity index (χ4v) is 5.26. The van der Waals surface area contributed by atoms with E-state index in [4.69, 9.17) is 0 Å². The average molecular weight is 475 g/mol. The van der Waals surface area contributed by atoms with Crippen LogP contribution in [0.3, 0.4) is 0 Å². The summed E-state index contributed by atoms with van der Waals surface area (Å²) in [6.45, 7) is 4.85. The first-order valence-electron chi connectivity index (χ1n) is 11.1. The maximum Gasteiger partial charge on any atom is 0.353 e. The molecular weight excluding hydrogens is 444 g/mol.